The summed E-state index contributed by atoms with van der Waals surface area (Å²) >= 11 is 5.30. The molecule has 2 aliphatic rings. The zero-order valence-electron chi connectivity index (χ0n) is 33.4. The first kappa shape index (κ1) is 55.0. The van der Waals surface area contributed by atoms with Crippen LogP contribution in [0.3, 0.4) is 0 Å². The molecule has 2 aromatic carbocycles. The number of urea groups is 2. The van der Waals surface area contributed by atoms with E-state index >= 15 is 0 Å². The number of hydrogen-bond acceptors (Lipinski definition) is 11. The third-order valence-electron chi connectivity index (χ3n) is 8.40. The minimum absolute atomic E-state index is 0. The maximum absolute atomic E-state index is 14.8. The van der Waals surface area contributed by atoms with Crippen molar-refractivity contribution < 1.29 is 46.0 Å². The fraction of sp³-hybridized carbons (Fsp3) is 0.333. The molecule has 15 nitrogen and oxygen atoms in total. The van der Waals surface area contributed by atoms with Gasteiger partial charge in [-0.15, -0.1) is 24.0 Å². The second-order valence-electron chi connectivity index (χ2n) is 12.9. The molecule has 5 N–H and O–H groups in total. The van der Waals surface area contributed by atoms with Crippen LogP contribution in [0.15, 0.2) is 73.1 Å². The molecule has 2 fully saturated rings. The fourth-order valence-corrected chi connectivity index (χ4v) is 5.21. The van der Waals surface area contributed by atoms with Gasteiger partial charge < -0.3 is 36.4 Å². The maximum Gasteiger partial charge on any atom is 0.373 e. The van der Waals surface area contributed by atoms with E-state index < -0.39 is 17.9 Å². The predicted molar refractivity (Wildman–Crippen MR) is 253 cm³/mol. The van der Waals surface area contributed by atoms with Crippen LogP contribution in [0.25, 0.3) is 0 Å². The van der Waals surface area contributed by atoms with E-state index in [2.05, 4.69) is 103 Å². The number of aromatic nitrogens is 2. The molecule has 6 rings (SSSR count). The molecule has 0 unspecified atom stereocenters. The van der Waals surface area contributed by atoms with Gasteiger partial charge in [0.1, 0.15) is 0 Å². The van der Waals surface area contributed by atoms with E-state index in [0.717, 1.165) is 50.7 Å². The second-order valence-corrected chi connectivity index (χ2v) is 29.2. The number of piperazine rings is 2. The number of carbonyl (C=O) groups is 3. The standard InChI is InChI=1S/C19H24FN5O.C14H12FN3O2.C5H12N2.CO2.I3.HI/c1-14-6-7-16(12-21-14)22-19(26)23-17-5-3-4-15(18(17)20)13-25-10-8-24(2)9-11-25;1-9-5-6-11(7-16-9)17-14(20)18-12-4-2-3-10(8-19)13(12)15;1-7-4-2-6-3-5-7;2-1-3;1-3-2;/h3-7,12H,8-11,13H2,1-2H3,(H2,22,23,26);2-8H,1H3,(H2,17,18,20);6H,2-5H2,1H3;;;1H/q;;;;-1;. The number of likely N-dealkylation sites (N-methyl/N-ethyl adjacent to an activating group) is 2. The molecule has 21 heteroatoms. The number of amides is 4. The minimum Gasteiger partial charge on any atom is -0.186 e. The third kappa shape index (κ3) is 22.2. The molecule has 2 aromatic heterocycles. The van der Waals surface area contributed by atoms with E-state index in [1.807, 2.05) is 13.8 Å². The summed E-state index contributed by atoms with van der Waals surface area (Å²) < 4.78 is 28.5. The molecule has 0 radical (unpaired) electrons. The number of rotatable bonds is 7. The number of hydrogen-bond donors (Lipinski definition) is 5. The Balaban J connectivity index is 0.000000465. The summed E-state index contributed by atoms with van der Waals surface area (Å²) in [7, 11) is 4.24. The van der Waals surface area contributed by atoms with Crippen LogP contribution >= 0.6 is 61.2 Å². The van der Waals surface area contributed by atoms with Crippen molar-refractivity contribution in [1.82, 2.24) is 30.0 Å². The number of anilines is 4. The van der Waals surface area contributed by atoms with Gasteiger partial charge in [0.2, 0.25) is 0 Å². The molecule has 328 valence electrons. The molecular formula is C39H49F2I4N10O5-. The Hall–Kier alpha value is -3.05. The molecule has 4 aromatic rings. The number of carbonyl (C=O) groups excluding carboxylic acids is 5. The van der Waals surface area contributed by atoms with E-state index in [4.69, 9.17) is 9.59 Å². The van der Waals surface area contributed by atoms with Crippen molar-refractivity contribution in [2.24, 2.45) is 0 Å². The maximum atomic E-state index is 14.8. The first-order chi connectivity index (χ1) is 28.3. The SMILES string of the molecule is CN1CCNCC1.Cc1ccc(NC(=O)Nc2cccc(C=O)c2F)cn1.Cc1ccc(NC(=O)Nc2cccc(CN3CCN(C)CC3)c2F)cn1.I.I[I-]I.O=C=O. The van der Waals surface area contributed by atoms with Crippen molar-refractivity contribution >= 4 is 108 Å². The quantitative estimate of drug-likeness (QED) is 0.132. The van der Waals surface area contributed by atoms with Gasteiger partial charge in [0.25, 0.3) is 0 Å². The number of halogens is 6. The average Bonchev–Trinajstić information content (AvgIpc) is 3.21. The number of aryl methyl sites for hydroxylation is 2. The number of nitrogens with one attached hydrogen (secondary N) is 5. The summed E-state index contributed by atoms with van der Waals surface area (Å²) in [4.78, 5) is 65.6. The first-order valence-electron chi connectivity index (χ1n) is 18.0. The predicted octanol–water partition coefficient (Wildman–Crippen LogP) is 4.24. The molecule has 0 aliphatic carbocycles. The largest absolute Gasteiger partial charge is 0.373 e. The minimum atomic E-state index is -0.764. The van der Waals surface area contributed by atoms with Crippen LogP contribution < -0.4 is 39.8 Å². The van der Waals surface area contributed by atoms with Gasteiger partial charge in [0.15, 0.2) is 17.9 Å². The monoisotopic (exact) mass is 1280 g/mol. The molecule has 4 heterocycles. The van der Waals surface area contributed by atoms with Crippen molar-refractivity contribution in [2.45, 2.75) is 20.4 Å². The van der Waals surface area contributed by atoms with Gasteiger partial charge in [-0.1, -0.05) is 18.2 Å². The van der Waals surface area contributed by atoms with Gasteiger partial charge in [-0.25, -0.2) is 18.4 Å². The van der Waals surface area contributed by atoms with Crippen LogP contribution in [-0.4, -0.2) is 116 Å². The van der Waals surface area contributed by atoms with Crippen LogP contribution in [-0.2, 0) is 16.1 Å². The second kappa shape index (κ2) is 31.7. The summed E-state index contributed by atoms with van der Waals surface area (Å²) in [6.07, 6.45) is 3.70. The van der Waals surface area contributed by atoms with E-state index in [-0.39, 0.29) is 52.9 Å². The first-order valence-corrected chi connectivity index (χ1v) is 30.6. The van der Waals surface area contributed by atoms with Gasteiger partial charge in [-0.3, -0.25) is 19.7 Å². The van der Waals surface area contributed by atoms with Gasteiger partial charge in [0.05, 0.1) is 40.7 Å². The van der Waals surface area contributed by atoms with E-state index in [9.17, 15) is 23.2 Å². The fourth-order valence-electron chi connectivity index (χ4n) is 5.21. The number of benzene rings is 2. The smallest absolute Gasteiger partial charge is 0.186 e. The van der Waals surface area contributed by atoms with Crippen molar-refractivity contribution in [3.05, 3.63) is 107 Å². The Bertz CT molecular complexity index is 1920. The van der Waals surface area contributed by atoms with Crippen LogP contribution in [0.2, 0.25) is 0 Å². The van der Waals surface area contributed by atoms with Gasteiger partial charge in [0, 0.05) is 75.9 Å². The van der Waals surface area contributed by atoms with Gasteiger partial charge in [-0.2, -0.15) is 9.59 Å². The summed E-state index contributed by atoms with van der Waals surface area (Å²) in [6.45, 7) is 12.8. The van der Waals surface area contributed by atoms with Crippen molar-refractivity contribution in [3.63, 3.8) is 0 Å². The Morgan fingerprint density at radius 2 is 1.20 bits per heavy atom. The van der Waals surface area contributed by atoms with Crippen molar-refractivity contribution in [1.29, 1.82) is 0 Å². The zero-order chi connectivity index (χ0) is 43.6. The Labute approximate surface area is 396 Å². The number of aldehydes is 1. The summed E-state index contributed by atoms with van der Waals surface area (Å²) in [5, 5.41) is 13.4. The molecule has 0 spiro atoms. The normalized spacial score (nSPS) is 13.5. The third-order valence-corrected chi connectivity index (χ3v) is 8.40. The van der Waals surface area contributed by atoms with E-state index in [1.165, 1.54) is 37.5 Å². The summed E-state index contributed by atoms with van der Waals surface area (Å²) in [6, 6.07) is 15.1. The van der Waals surface area contributed by atoms with E-state index in [1.54, 1.807) is 48.7 Å². The van der Waals surface area contributed by atoms with Crippen LogP contribution in [0, 0.1) is 25.5 Å². The molecule has 4 amide bonds. The topological polar surface area (TPSA) is 181 Å². The zero-order valence-corrected chi connectivity index (χ0v) is 42.2. The molecular weight excluding hydrogens is 1230 g/mol. The summed E-state index contributed by atoms with van der Waals surface area (Å²) in [5.41, 5.74) is 3.31. The molecule has 0 bridgehead atoms. The Morgan fingerprint density at radius 3 is 1.62 bits per heavy atom. The molecule has 2 saturated heterocycles. The van der Waals surface area contributed by atoms with Gasteiger partial charge in [-0.05, 0) is 70.4 Å². The number of pyridine rings is 2. The van der Waals surface area contributed by atoms with Crippen molar-refractivity contribution in [2.75, 3.05) is 87.7 Å². The van der Waals surface area contributed by atoms with Crippen LogP contribution in [0.5, 0.6) is 0 Å². The van der Waals surface area contributed by atoms with Crippen molar-refractivity contribution in [3.8, 4) is 0 Å². The van der Waals surface area contributed by atoms with E-state index in [0.29, 0.717) is 43.0 Å². The average molecular weight is 1280 g/mol. The Kier molecular flexibility index (Phi) is 29.1. The molecule has 0 saturated carbocycles. The van der Waals surface area contributed by atoms with Crippen LogP contribution in [0.4, 0.5) is 41.1 Å². The molecule has 2 aliphatic heterocycles. The van der Waals surface area contributed by atoms with Crippen LogP contribution in [0.1, 0.15) is 27.3 Å². The molecule has 60 heavy (non-hydrogen) atoms. The van der Waals surface area contributed by atoms with Gasteiger partial charge >= 0.3 is 68.7 Å². The Morgan fingerprint density at radius 1 is 0.750 bits per heavy atom. The summed E-state index contributed by atoms with van der Waals surface area (Å²) in [5.74, 6) is -1.15. The number of nitrogens with zero attached hydrogens (tertiary/aromatic N) is 5. The molecule has 0 atom stereocenters.